The Balaban J connectivity index is 1.64. The van der Waals surface area contributed by atoms with Crippen molar-refractivity contribution in [1.29, 1.82) is 5.26 Å². The van der Waals surface area contributed by atoms with E-state index < -0.39 is 15.6 Å². The van der Waals surface area contributed by atoms with Gasteiger partial charge in [-0.15, -0.1) is 0 Å². The van der Waals surface area contributed by atoms with Crippen LogP contribution < -0.4 is 4.31 Å². The Labute approximate surface area is 235 Å². The molecule has 0 aliphatic heterocycles. The van der Waals surface area contributed by atoms with Crippen LogP contribution in [0.25, 0.3) is 5.69 Å². The number of benzene rings is 3. The van der Waals surface area contributed by atoms with E-state index in [9.17, 15) is 13.5 Å². The van der Waals surface area contributed by atoms with Gasteiger partial charge in [-0.25, -0.2) is 13.1 Å². The van der Waals surface area contributed by atoms with Crippen LogP contribution in [0, 0.1) is 32.1 Å². The molecule has 1 aromatic heterocycles. The van der Waals surface area contributed by atoms with Crippen LogP contribution in [0.4, 0.5) is 5.69 Å². The number of rotatable bonds is 8. The number of nitriles is 1. The second-order valence-electron chi connectivity index (χ2n) is 10.3. The fourth-order valence-corrected chi connectivity index (χ4v) is 6.23. The highest BCUT2D eigenvalue weighted by Crippen LogP contribution is 2.28. The number of hydrogen-bond acceptors (Lipinski definition) is 5. The van der Waals surface area contributed by atoms with Gasteiger partial charge in [0.2, 0.25) is 0 Å². The van der Waals surface area contributed by atoms with Gasteiger partial charge in [0, 0.05) is 17.7 Å². The SMILES string of the molecule is Cc1ccc(S(=O)(=O)N(CC(C)(C)O)c2ccc(Cc3c(C)nn(-c4ccc(C#N)c(Cl)c4)c3C)cc2)cc1. The Morgan fingerprint density at radius 3 is 2.23 bits per heavy atom. The molecule has 4 aromatic rings. The van der Waals surface area contributed by atoms with Gasteiger partial charge in [-0.1, -0.05) is 41.4 Å². The van der Waals surface area contributed by atoms with E-state index in [0.717, 1.165) is 33.8 Å². The normalized spacial score (nSPS) is 11.8. The molecule has 4 rings (SSSR count). The Morgan fingerprint density at radius 1 is 1.03 bits per heavy atom. The van der Waals surface area contributed by atoms with Crippen LogP contribution in [-0.4, -0.2) is 35.5 Å². The summed E-state index contributed by atoms with van der Waals surface area (Å²) < 4.78 is 30.2. The van der Waals surface area contributed by atoms with Crippen LogP contribution in [-0.2, 0) is 16.4 Å². The lowest BCUT2D eigenvalue weighted by atomic mass is 10.0. The van der Waals surface area contributed by atoms with E-state index in [4.69, 9.17) is 22.0 Å². The van der Waals surface area contributed by atoms with Gasteiger partial charge in [0.25, 0.3) is 10.0 Å². The molecule has 1 heterocycles. The van der Waals surface area contributed by atoms with E-state index >= 15 is 0 Å². The average Bonchev–Trinajstić information content (AvgIpc) is 3.16. The third-order valence-electron chi connectivity index (χ3n) is 6.50. The predicted octanol–water partition coefficient (Wildman–Crippen LogP) is 5.88. The highest BCUT2D eigenvalue weighted by atomic mass is 35.5. The molecular weight excluding hydrogens is 532 g/mol. The van der Waals surface area contributed by atoms with Crippen molar-refractivity contribution in [3.8, 4) is 11.8 Å². The summed E-state index contributed by atoms with van der Waals surface area (Å²) in [6, 6.07) is 21.3. The van der Waals surface area contributed by atoms with E-state index in [-0.39, 0.29) is 11.4 Å². The van der Waals surface area contributed by atoms with Crippen molar-refractivity contribution < 1.29 is 13.5 Å². The molecule has 0 amide bonds. The number of aliphatic hydroxyl groups is 1. The number of hydrogen-bond donors (Lipinski definition) is 1. The highest BCUT2D eigenvalue weighted by molar-refractivity contribution is 7.92. The molecule has 202 valence electrons. The molecule has 0 aliphatic rings. The molecule has 0 spiro atoms. The van der Waals surface area contributed by atoms with Gasteiger partial charge in [-0.05, 0) is 82.6 Å². The van der Waals surface area contributed by atoms with E-state index in [1.54, 1.807) is 62.4 Å². The summed E-state index contributed by atoms with van der Waals surface area (Å²) in [6.07, 6.45) is 0.595. The zero-order valence-electron chi connectivity index (χ0n) is 22.6. The maximum atomic E-state index is 13.6. The van der Waals surface area contributed by atoms with E-state index in [2.05, 4.69) is 6.07 Å². The lowest BCUT2D eigenvalue weighted by molar-refractivity contribution is 0.0909. The van der Waals surface area contributed by atoms with Crippen molar-refractivity contribution in [2.45, 2.75) is 51.5 Å². The number of aromatic nitrogens is 2. The van der Waals surface area contributed by atoms with Crippen molar-refractivity contribution in [2.24, 2.45) is 0 Å². The minimum Gasteiger partial charge on any atom is -0.389 e. The summed E-state index contributed by atoms with van der Waals surface area (Å²) in [7, 11) is -3.90. The summed E-state index contributed by atoms with van der Waals surface area (Å²) in [6.45, 7) is 8.90. The van der Waals surface area contributed by atoms with Gasteiger partial charge in [0.05, 0.1) is 44.7 Å². The van der Waals surface area contributed by atoms with Crippen molar-refractivity contribution in [1.82, 2.24) is 9.78 Å². The monoisotopic (exact) mass is 562 g/mol. The zero-order valence-corrected chi connectivity index (χ0v) is 24.2. The fraction of sp³-hybridized carbons (Fsp3) is 0.267. The summed E-state index contributed by atoms with van der Waals surface area (Å²) >= 11 is 6.24. The van der Waals surface area contributed by atoms with Crippen molar-refractivity contribution in [3.05, 3.63) is 105 Å². The molecule has 7 nitrogen and oxygen atoms in total. The number of anilines is 1. The molecule has 0 aliphatic carbocycles. The molecule has 0 atom stereocenters. The molecule has 9 heteroatoms. The maximum absolute atomic E-state index is 13.6. The Hall–Kier alpha value is -3.64. The van der Waals surface area contributed by atoms with Gasteiger partial charge in [0.15, 0.2) is 0 Å². The lowest BCUT2D eigenvalue weighted by Crippen LogP contribution is -2.42. The fourth-order valence-electron chi connectivity index (χ4n) is 4.40. The number of sulfonamides is 1. The molecule has 39 heavy (non-hydrogen) atoms. The van der Waals surface area contributed by atoms with Crippen LogP contribution in [0.15, 0.2) is 71.6 Å². The van der Waals surface area contributed by atoms with Gasteiger partial charge in [-0.2, -0.15) is 10.4 Å². The van der Waals surface area contributed by atoms with Crippen LogP contribution in [0.3, 0.4) is 0 Å². The highest BCUT2D eigenvalue weighted by Gasteiger charge is 2.30. The first kappa shape index (κ1) is 28.4. The van der Waals surface area contributed by atoms with E-state index in [1.807, 2.05) is 43.7 Å². The van der Waals surface area contributed by atoms with Crippen molar-refractivity contribution in [3.63, 3.8) is 0 Å². The molecule has 0 radical (unpaired) electrons. The predicted molar refractivity (Wildman–Crippen MR) is 154 cm³/mol. The molecule has 1 N–H and O–H groups in total. The topological polar surface area (TPSA) is 99.2 Å². The number of halogens is 1. The summed E-state index contributed by atoms with van der Waals surface area (Å²) in [5.74, 6) is 0. The molecule has 0 unspecified atom stereocenters. The average molecular weight is 563 g/mol. The Morgan fingerprint density at radius 2 is 1.67 bits per heavy atom. The quantitative estimate of drug-likeness (QED) is 0.289. The van der Waals surface area contributed by atoms with Gasteiger partial charge >= 0.3 is 0 Å². The van der Waals surface area contributed by atoms with Gasteiger partial charge < -0.3 is 5.11 Å². The minimum absolute atomic E-state index is 0.0965. The number of nitrogens with zero attached hydrogens (tertiary/aromatic N) is 4. The molecular formula is C30H31ClN4O3S. The van der Waals surface area contributed by atoms with E-state index in [0.29, 0.717) is 22.7 Å². The minimum atomic E-state index is -3.90. The van der Waals surface area contributed by atoms with Crippen molar-refractivity contribution in [2.75, 3.05) is 10.8 Å². The number of aryl methyl sites for hydroxylation is 2. The van der Waals surface area contributed by atoms with Crippen molar-refractivity contribution >= 4 is 27.3 Å². The molecule has 0 saturated carbocycles. The Kier molecular flexibility index (Phi) is 7.89. The summed E-state index contributed by atoms with van der Waals surface area (Å²) in [5, 5.41) is 24.7. The first-order valence-electron chi connectivity index (χ1n) is 12.5. The molecule has 0 bridgehead atoms. The largest absolute Gasteiger partial charge is 0.389 e. The summed E-state index contributed by atoms with van der Waals surface area (Å²) in [5.41, 5.74) is 5.21. The third-order valence-corrected chi connectivity index (χ3v) is 8.60. The second-order valence-corrected chi connectivity index (χ2v) is 12.6. The smallest absolute Gasteiger partial charge is 0.264 e. The lowest BCUT2D eigenvalue weighted by Gasteiger charge is -2.30. The van der Waals surface area contributed by atoms with Crippen LogP contribution in [0.1, 0.15) is 47.5 Å². The van der Waals surface area contributed by atoms with Gasteiger partial charge in [0.1, 0.15) is 6.07 Å². The van der Waals surface area contributed by atoms with E-state index in [1.165, 1.54) is 4.31 Å². The van der Waals surface area contributed by atoms with Crippen LogP contribution in [0.2, 0.25) is 5.02 Å². The van der Waals surface area contributed by atoms with Gasteiger partial charge in [-0.3, -0.25) is 4.31 Å². The maximum Gasteiger partial charge on any atom is 0.264 e. The van der Waals surface area contributed by atoms with Crippen LogP contribution in [0.5, 0.6) is 0 Å². The molecule has 3 aromatic carbocycles. The summed E-state index contributed by atoms with van der Waals surface area (Å²) in [4.78, 5) is 0.169. The first-order chi connectivity index (χ1) is 18.3. The standard InChI is InChI=1S/C30H31ClN4O3S/c1-20-6-14-27(15-7-20)39(37,38)34(19-30(4,5)36)25-11-8-23(9-12-25)16-28-21(2)33-35(22(28)3)26-13-10-24(18-32)29(31)17-26/h6-15,17,36H,16,19H2,1-5H3. The zero-order chi connectivity index (χ0) is 28.5. The van der Waals surface area contributed by atoms with Crippen LogP contribution >= 0.6 is 11.6 Å². The first-order valence-corrected chi connectivity index (χ1v) is 14.3. The Bertz CT molecular complexity index is 1650. The molecule has 0 saturated heterocycles. The molecule has 0 fully saturated rings. The third kappa shape index (κ3) is 6.17. The second kappa shape index (κ2) is 10.9.